The molecule has 100 valence electrons. The average Bonchev–Trinajstić information content (AvgIpc) is 2.73. The molecule has 2 heterocycles. The zero-order valence-corrected chi connectivity index (χ0v) is 11.5. The Morgan fingerprint density at radius 1 is 1.41 bits per heavy atom. The monoisotopic (exact) mass is 260 g/mol. The van der Waals surface area contributed by atoms with Gasteiger partial charge in [-0.25, -0.2) is 8.42 Å². The Bertz CT molecular complexity index is 336. The molecule has 2 saturated heterocycles. The Balaban J connectivity index is 1.69. The molecule has 2 unspecified atom stereocenters. The minimum absolute atomic E-state index is 0.204. The van der Waals surface area contributed by atoms with E-state index < -0.39 is 9.84 Å². The van der Waals surface area contributed by atoms with Gasteiger partial charge < -0.3 is 5.32 Å². The van der Waals surface area contributed by atoms with Crippen molar-refractivity contribution in [1.82, 2.24) is 10.2 Å². The van der Waals surface area contributed by atoms with Crippen molar-refractivity contribution in [2.75, 3.05) is 37.7 Å². The number of rotatable bonds is 4. The first-order chi connectivity index (χ1) is 8.07. The lowest BCUT2D eigenvalue weighted by Gasteiger charge is -2.33. The van der Waals surface area contributed by atoms with Crippen molar-refractivity contribution in [2.45, 2.75) is 32.2 Å². The number of hydrogen-bond acceptors (Lipinski definition) is 4. The van der Waals surface area contributed by atoms with E-state index in [9.17, 15) is 8.42 Å². The van der Waals surface area contributed by atoms with Crippen LogP contribution in [-0.2, 0) is 9.84 Å². The van der Waals surface area contributed by atoms with Gasteiger partial charge in [0.05, 0.1) is 11.5 Å². The van der Waals surface area contributed by atoms with Crippen LogP contribution in [0.25, 0.3) is 0 Å². The second-order valence-corrected chi connectivity index (χ2v) is 7.73. The number of nitrogens with zero attached hydrogens (tertiary/aromatic N) is 1. The molecule has 0 saturated carbocycles. The Hall–Kier alpha value is -0.130. The first-order valence-electron chi connectivity index (χ1n) is 6.72. The third kappa shape index (κ3) is 3.93. The van der Waals surface area contributed by atoms with Gasteiger partial charge in [-0.05, 0) is 51.7 Å². The van der Waals surface area contributed by atoms with E-state index in [1.165, 1.54) is 32.4 Å². The Morgan fingerprint density at radius 2 is 2.24 bits per heavy atom. The van der Waals surface area contributed by atoms with Crippen molar-refractivity contribution in [3.63, 3.8) is 0 Å². The quantitative estimate of drug-likeness (QED) is 0.799. The van der Waals surface area contributed by atoms with E-state index >= 15 is 0 Å². The van der Waals surface area contributed by atoms with Crippen LogP contribution >= 0.6 is 0 Å². The SMILES string of the molecule is CC1CS(=O)(=O)CCN1CCCC1CCNC1. The Morgan fingerprint density at radius 3 is 2.88 bits per heavy atom. The van der Waals surface area contributed by atoms with Gasteiger partial charge in [-0.1, -0.05) is 0 Å². The lowest BCUT2D eigenvalue weighted by Crippen LogP contribution is -2.47. The normalized spacial score (nSPS) is 33.9. The molecule has 4 nitrogen and oxygen atoms in total. The molecule has 2 fully saturated rings. The van der Waals surface area contributed by atoms with E-state index in [2.05, 4.69) is 10.2 Å². The van der Waals surface area contributed by atoms with Gasteiger partial charge in [0.15, 0.2) is 9.84 Å². The van der Waals surface area contributed by atoms with Gasteiger partial charge in [0.2, 0.25) is 0 Å². The van der Waals surface area contributed by atoms with Crippen LogP contribution in [0.3, 0.4) is 0 Å². The Kier molecular flexibility index (Phi) is 4.44. The summed E-state index contributed by atoms with van der Waals surface area (Å²) in [5, 5.41) is 3.39. The van der Waals surface area contributed by atoms with E-state index in [1.54, 1.807) is 0 Å². The molecule has 17 heavy (non-hydrogen) atoms. The summed E-state index contributed by atoms with van der Waals surface area (Å²) in [6.07, 6.45) is 3.80. The molecule has 0 amide bonds. The van der Waals surface area contributed by atoms with Crippen LogP contribution < -0.4 is 5.32 Å². The minimum atomic E-state index is -2.76. The second kappa shape index (κ2) is 5.67. The predicted molar refractivity (Wildman–Crippen MR) is 69.9 cm³/mol. The lowest BCUT2D eigenvalue weighted by molar-refractivity contribution is 0.218. The fraction of sp³-hybridized carbons (Fsp3) is 1.00. The van der Waals surface area contributed by atoms with E-state index in [0.29, 0.717) is 11.5 Å². The topological polar surface area (TPSA) is 49.4 Å². The van der Waals surface area contributed by atoms with Gasteiger partial charge in [-0.2, -0.15) is 0 Å². The molecule has 0 aliphatic carbocycles. The molecule has 2 rings (SSSR count). The maximum absolute atomic E-state index is 11.5. The van der Waals surface area contributed by atoms with Gasteiger partial charge in [0.25, 0.3) is 0 Å². The zero-order chi connectivity index (χ0) is 12.3. The zero-order valence-electron chi connectivity index (χ0n) is 10.7. The molecule has 0 bridgehead atoms. The van der Waals surface area contributed by atoms with Gasteiger partial charge in [-0.15, -0.1) is 0 Å². The molecule has 0 aromatic heterocycles. The summed E-state index contributed by atoms with van der Waals surface area (Å²) in [7, 11) is -2.76. The molecular formula is C12H24N2O2S. The van der Waals surface area contributed by atoms with Gasteiger partial charge in [-0.3, -0.25) is 4.90 Å². The molecular weight excluding hydrogens is 236 g/mol. The summed E-state index contributed by atoms with van der Waals surface area (Å²) in [6, 6.07) is 0.204. The molecule has 0 radical (unpaired) electrons. The van der Waals surface area contributed by atoms with Crippen LogP contribution in [0.15, 0.2) is 0 Å². The average molecular weight is 260 g/mol. The maximum Gasteiger partial charge on any atom is 0.153 e. The fourth-order valence-corrected chi connectivity index (χ4v) is 4.53. The van der Waals surface area contributed by atoms with E-state index in [-0.39, 0.29) is 6.04 Å². The van der Waals surface area contributed by atoms with Crippen molar-refractivity contribution in [3.05, 3.63) is 0 Å². The summed E-state index contributed by atoms with van der Waals surface area (Å²) in [6.45, 7) is 6.17. The van der Waals surface area contributed by atoms with Gasteiger partial charge in [0, 0.05) is 12.6 Å². The summed E-state index contributed by atoms with van der Waals surface area (Å²) < 4.78 is 22.9. The molecule has 5 heteroatoms. The number of sulfone groups is 1. The van der Waals surface area contributed by atoms with Crippen molar-refractivity contribution >= 4 is 9.84 Å². The maximum atomic E-state index is 11.5. The van der Waals surface area contributed by atoms with Crippen LogP contribution in [0.5, 0.6) is 0 Å². The smallest absolute Gasteiger partial charge is 0.153 e. The highest BCUT2D eigenvalue weighted by molar-refractivity contribution is 7.91. The standard InChI is InChI=1S/C12H24N2O2S/c1-11-10-17(15,16)8-7-14(11)6-2-3-12-4-5-13-9-12/h11-13H,2-10H2,1H3. The van der Waals surface area contributed by atoms with Crippen molar-refractivity contribution in [2.24, 2.45) is 5.92 Å². The molecule has 0 aromatic rings. The number of nitrogens with one attached hydrogen (secondary N) is 1. The van der Waals surface area contributed by atoms with Crippen LogP contribution in [0.2, 0.25) is 0 Å². The first-order valence-corrected chi connectivity index (χ1v) is 8.54. The molecule has 1 N–H and O–H groups in total. The van der Waals surface area contributed by atoms with Crippen LogP contribution in [0.4, 0.5) is 0 Å². The third-order valence-corrected chi connectivity index (χ3v) is 5.82. The second-order valence-electron chi connectivity index (χ2n) is 5.50. The molecule has 2 aliphatic rings. The molecule has 2 atom stereocenters. The van der Waals surface area contributed by atoms with Crippen molar-refractivity contribution in [1.29, 1.82) is 0 Å². The van der Waals surface area contributed by atoms with Crippen molar-refractivity contribution in [3.8, 4) is 0 Å². The minimum Gasteiger partial charge on any atom is -0.316 e. The highest BCUT2D eigenvalue weighted by Crippen LogP contribution is 2.17. The lowest BCUT2D eigenvalue weighted by atomic mass is 10.0. The van der Waals surface area contributed by atoms with Crippen LogP contribution in [-0.4, -0.2) is 57.0 Å². The van der Waals surface area contributed by atoms with Gasteiger partial charge >= 0.3 is 0 Å². The van der Waals surface area contributed by atoms with E-state index in [1.807, 2.05) is 6.92 Å². The van der Waals surface area contributed by atoms with Crippen LogP contribution in [0.1, 0.15) is 26.2 Å². The molecule has 2 aliphatic heterocycles. The van der Waals surface area contributed by atoms with E-state index in [4.69, 9.17) is 0 Å². The summed E-state index contributed by atoms with van der Waals surface area (Å²) in [5.41, 5.74) is 0. The molecule has 0 spiro atoms. The predicted octanol–water partition coefficient (Wildman–Crippen LogP) is 0.495. The summed E-state index contributed by atoms with van der Waals surface area (Å²) in [5.74, 6) is 1.54. The summed E-state index contributed by atoms with van der Waals surface area (Å²) in [4.78, 5) is 2.34. The summed E-state index contributed by atoms with van der Waals surface area (Å²) >= 11 is 0. The highest BCUT2D eigenvalue weighted by atomic mass is 32.2. The first kappa shape index (κ1) is 13.3. The largest absolute Gasteiger partial charge is 0.316 e. The van der Waals surface area contributed by atoms with Crippen molar-refractivity contribution < 1.29 is 8.42 Å². The highest BCUT2D eigenvalue weighted by Gasteiger charge is 2.27. The number of hydrogen-bond donors (Lipinski definition) is 1. The molecule has 0 aromatic carbocycles. The van der Waals surface area contributed by atoms with Crippen LogP contribution in [0, 0.1) is 5.92 Å². The third-order valence-electron chi connectivity index (χ3n) is 4.03. The Labute approximate surface area is 105 Å². The van der Waals surface area contributed by atoms with E-state index in [0.717, 1.165) is 19.0 Å². The van der Waals surface area contributed by atoms with Gasteiger partial charge in [0.1, 0.15) is 0 Å². The fourth-order valence-electron chi connectivity index (χ4n) is 2.91.